The van der Waals surface area contributed by atoms with Gasteiger partial charge in [0, 0.05) is 7.05 Å². The number of fused-ring (bicyclic) bond motifs is 1. The third kappa shape index (κ3) is 2.20. The Hall–Kier alpha value is -1.71. The molecule has 2 unspecified atom stereocenters. The smallest absolute Gasteiger partial charge is 0.307 e. The number of benzene rings is 1. The van der Waals surface area contributed by atoms with Gasteiger partial charge in [0.05, 0.1) is 18.2 Å². The van der Waals surface area contributed by atoms with Crippen LogP contribution < -0.4 is 9.64 Å². The zero-order valence-corrected chi connectivity index (χ0v) is 10.3. The van der Waals surface area contributed by atoms with E-state index in [-0.39, 0.29) is 18.6 Å². The van der Waals surface area contributed by atoms with Crippen molar-refractivity contribution in [3.8, 4) is 5.75 Å². The maximum absolute atomic E-state index is 10.8. The summed E-state index contributed by atoms with van der Waals surface area (Å²) < 4.78 is 5.78. The van der Waals surface area contributed by atoms with Gasteiger partial charge in [-0.25, -0.2) is 0 Å². The molecule has 0 aromatic heterocycles. The third-order valence-electron chi connectivity index (χ3n) is 3.30. The maximum Gasteiger partial charge on any atom is 0.307 e. The molecule has 0 saturated heterocycles. The van der Waals surface area contributed by atoms with Crippen molar-refractivity contribution < 1.29 is 14.6 Å². The molecule has 2 atom stereocenters. The minimum absolute atomic E-state index is 0.0267. The highest BCUT2D eigenvalue weighted by Crippen LogP contribution is 2.36. The number of likely N-dealkylation sites (N-methyl/N-ethyl adjacent to an activating group) is 1. The molecule has 0 radical (unpaired) electrons. The van der Waals surface area contributed by atoms with Crippen LogP contribution in [0.15, 0.2) is 18.2 Å². The third-order valence-corrected chi connectivity index (χ3v) is 3.30. The minimum atomic E-state index is -0.827. The molecule has 1 aliphatic rings. The molecule has 0 amide bonds. The van der Waals surface area contributed by atoms with E-state index in [2.05, 4.69) is 4.90 Å². The molecule has 0 spiro atoms. The van der Waals surface area contributed by atoms with Crippen molar-refractivity contribution in [2.45, 2.75) is 32.4 Å². The van der Waals surface area contributed by atoms with Crippen molar-refractivity contribution in [3.63, 3.8) is 0 Å². The molecular formula is C13H17NO3. The van der Waals surface area contributed by atoms with Gasteiger partial charge in [-0.3, -0.25) is 4.79 Å². The fraction of sp³-hybridized carbons (Fsp3) is 0.462. The first-order chi connectivity index (χ1) is 7.99. The van der Waals surface area contributed by atoms with Crippen molar-refractivity contribution in [1.82, 2.24) is 0 Å². The highest BCUT2D eigenvalue weighted by molar-refractivity contribution is 5.69. The van der Waals surface area contributed by atoms with Gasteiger partial charge in [0.25, 0.3) is 0 Å². The highest BCUT2D eigenvalue weighted by Gasteiger charge is 2.32. The van der Waals surface area contributed by atoms with Crippen LogP contribution in [-0.4, -0.2) is 30.3 Å². The van der Waals surface area contributed by atoms with Crippen molar-refractivity contribution in [2.24, 2.45) is 0 Å². The first kappa shape index (κ1) is 11.8. The molecule has 0 saturated carbocycles. The van der Waals surface area contributed by atoms with E-state index in [1.807, 2.05) is 39.1 Å². The van der Waals surface area contributed by atoms with Gasteiger partial charge in [-0.2, -0.15) is 0 Å². The zero-order chi connectivity index (χ0) is 12.6. The molecule has 1 aliphatic heterocycles. The fourth-order valence-electron chi connectivity index (χ4n) is 2.12. The van der Waals surface area contributed by atoms with Gasteiger partial charge >= 0.3 is 5.97 Å². The number of carboxylic acids is 1. The Morgan fingerprint density at radius 3 is 2.88 bits per heavy atom. The average Bonchev–Trinajstić information content (AvgIpc) is 2.24. The van der Waals surface area contributed by atoms with Gasteiger partial charge < -0.3 is 14.7 Å². The van der Waals surface area contributed by atoms with Crippen molar-refractivity contribution in [1.29, 1.82) is 0 Å². The Balaban J connectivity index is 2.32. The lowest BCUT2D eigenvalue weighted by atomic mass is 10.0. The van der Waals surface area contributed by atoms with Gasteiger partial charge in [-0.15, -0.1) is 0 Å². The van der Waals surface area contributed by atoms with Crippen molar-refractivity contribution in [2.75, 3.05) is 11.9 Å². The standard InChI is InChI=1S/C13H17NO3/c1-8-4-5-10-12(6-8)17-11(7-13(15)16)9(2)14(10)3/h4-6,9,11H,7H2,1-3H3,(H,15,16). The molecule has 4 heteroatoms. The molecule has 2 rings (SSSR count). The van der Waals surface area contributed by atoms with Gasteiger partial charge in [0.2, 0.25) is 0 Å². The Morgan fingerprint density at radius 1 is 1.53 bits per heavy atom. The zero-order valence-electron chi connectivity index (χ0n) is 10.3. The van der Waals surface area contributed by atoms with Gasteiger partial charge in [0.15, 0.2) is 0 Å². The number of aliphatic carboxylic acids is 1. The summed E-state index contributed by atoms with van der Waals surface area (Å²) in [6.07, 6.45) is -0.273. The predicted octanol–water partition coefficient (Wildman–Crippen LogP) is 2.06. The molecule has 0 aliphatic carbocycles. The Morgan fingerprint density at radius 2 is 2.24 bits per heavy atom. The van der Waals surface area contributed by atoms with Crippen LogP contribution in [0.2, 0.25) is 0 Å². The van der Waals surface area contributed by atoms with Gasteiger partial charge in [-0.1, -0.05) is 6.07 Å². The van der Waals surface area contributed by atoms with Crippen LogP contribution in [0, 0.1) is 6.92 Å². The quantitative estimate of drug-likeness (QED) is 0.852. The van der Waals surface area contributed by atoms with E-state index < -0.39 is 5.97 Å². The second-order valence-corrected chi connectivity index (χ2v) is 4.58. The number of rotatable bonds is 2. The molecule has 0 bridgehead atoms. The second-order valence-electron chi connectivity index (χ2n) is 4.58. The molecule has 1 aromatic carbocycles. The monoisotopic (exact) mass is 235 g/mol. The lowest BCUT2D eigenvalue weighted by molar-refractivity contribution is -0.139. The van der Waals surface area contributed by atoms with Crippen molar-refractivity contribution in [3.05, 3.63) is 23.8 Å². The molecule has 1 aromatic rings. The molecule has 17 heavy (non-hydrogen) atoms. The Bertz CT molecular complexity index is 444. The summed E-state index contributed by atoms with van der Waals surface area (Å²) in [4.78, 5) is 12.9. The Kier molecular flexibility index (Phi) is 2.96. The lowest BCUT2D eigenvalue weighted by Crippen LogP contribution is -2.46. The minimum Gasteiger partial charge on any atom is -0.485 e. The highest BCUT2D eigenvalue weighted by atomic mass is 16.5. The number of nitrogens with zero attached hydrogens (tertiary/aromatic N) is 1. The van der Waals surface area contributed by atoms with E-state index in [1.165, 1.54) is 0 Å². The van der Waals surface area contributed by atoms with Crippen molar-refractivity contribution >= 4 is 11.7 Å². The summed E-state index contributed by atoms with van der Waals surface area (Å²) >= 11 is 0. The van der Waals surface area contributed by atoms with Crippen LogP contribution in [0.3, 0.4) is 0 Å². The number of carbonyl (C=O) groups is 1. The summed E-state index contributed by atoms with van der Waals surface area (Å²) in [5.41, 5.74) is 2.13. The number of anilines is 1. The normalized spacial score (nSPS) is 22.9. The lowest BCUT2D eigenvalue weighted by Gasteiger charge is -2.39. The second kappa shape index (κ2) is 4.28. The topological polar surface area (TPSA) is 49.8 Å². The predicted molar refractivity (Wildman–Crippen MR) is 65.7 cm³/mol. The number of aryl methyl sites for hydroxylation is 1. The van der Waals surface area contributed by atoms with Crippen LogP contribution >= 0.6 is 0 Å². The summed E-state index contributed by atoms with van der Waals surface area (Å²) in [6.45, 7) is 3.98. The van der Waals surface area contributed by atoms with Crippen LogP contribution in [0.1, 0.15) is 18.9 Å². The van der Waals surface area contributed by atoms with E-state index >= 15 is 0 Å². The van der Waals surface area contributed by atoms with Crippen LogP contribution in [0.25, 0.3) is 0 Å². The largest absolute Gasteiger partial charge is 0.485 e. The van der Waals surface area contributed by atoms with Crippen LogP contribution in [-0.2, 0) is 4.79 Å². The molecule has 1 N–H and O–H groups in total. The fourth-order valence-corrected chi connectivity index (χ4v) is 2.12. The summed E-state index contributed by atoms with van der Waals surface area (Å²) in [5, 5.41) is 8.87. The molecule has 1 heterocycles. The van der Waals surface area contributed by atoms with E-state index in [0.29, 0.717) is 0 Å². The van der Waals surface area contributed by atoms with E-state index in [1.54, 1.807) is 0 Å². The first-order valence-corrected chi connectivity index (χ1v) is 5.71. The summed E-state index contributed by atoms with van der Waals surface area (Å²) in [5.74, 6) is -0.0526. The summed E-state index contributed by atoms with van der Waals surface area (Å²) in [7, 11) is 1.97. The number of carboxylic acid groups (broad SMARTS) is 1. The molecule has 4 nitrogen and oxygen atoms in total. The summed E-state index contributed by atoms with van der Waals surface area (Å²) in [6, 6.07) is 6.05. The maximum atomic E-state index is 10.8. The van der Waals surface area contributed by atoms with E-state index in [0.717, 1.165) is 17.0 Å². The molecule has 0 fully saturated rings. The van der Waals surface area contributed by atoms with Gasteiger partial charge in [-0.05, 0) is 31.5 Å². The first-order valence-electron chi connectivity index (χ1n) is 5.71. The molecular weight excluding hydrogens is 218 g/mol. The number of ether oxygens (including phenoxy) is 1. The average molecular weight is 235 g/mol. The number of hydrogen-bond acceptors (Lipinski definition) is 3. The number of hydrogen-bond donors (Lipinski definition) is 1. The van der Waals surface area contributed by atoms with Crippen LogP contribution in [0.4, 0.5) is 5.69 Å². The Labute approximate surface area is 101 Å². The van der Waals surface area contributed by atoms with Gasteiger partial charge in [0.1, 0.15) is 11.9 Å². The van der Waals surface area contributed by atoms with Crippen LogP contribution in [0.5, 0.6) is 5.75 Å². The SMILES string of the molecule is Cc1ccc2c(c1)OC(CC(=O)O)C(C)N2C. The van der Waals surface area contributed by atoms with E-state index in [4.69, 9.17) is 9.84 Å². The van der Waals surface area contributed by atoms with E-state index in [9.17, 15) is 4.79 Å². The molecule has 92 valence electrons.